The molecule has 3 nitrogen and oxygen atoms in total. The van der Waals surface area contributed by atoms with Crippen LogP contribution in [0.3, 0.4) is 0 Å². The molecule has 1 aromatic heterocycles. The number of hydrogen-bond acceptors (Lipinski definition) is 2. The van der Waals surface area contributed by atoms with Crippen molar-refractivity contribution >= 4 is 5.97 Å². The second-order valence-electron chi connectivity index (χ2n) is 6.78. The van der Waals surface area contributed by atoms with Gasteiger partial charge in [0.15, 0.2) is 12.4 Å². The molecule has 24 heavy (non-hydrogen) atoms. The van der Waals surface area contributed by atoms with Gasteiger partial charge in [0.25, 0.3) is 0 Å². The minimum Gasteiger partial charge on any atom is -0.462 e. The number of aromatic nitrogens is 1. The predicted molar refractivity (Wildman–Crippen MR) is 99.0 cm³/mol. The molecule has 0 N–H and O–H groups in total. The van der Waals surface area contributed by atoms with Gasteiger partial charge in [0, 0.05) is 12.1 Å². The van der Waals surface area contributed by atoms with Crippen molar-refractivity contribution in [3.05, 3.63) is 30.1 Å². The van der Waals surface area contributed by atoms with Gasteiger partial charge in [-0.25, -0.2) is 9.36 Å². The third kappa shape index (κ3) is 10.4. The second kappa shape index (κ2) is 14.0. The number of nitrogens with zero attached hydrogens (tertiary/aromatic N) is 1. The Morgan fingerprint density at radius 1 is 0.833 bits per heavy atom. The highest BCUT2D eigenvalue weighted by atomic mass is 16.5. The third-order valence-electron chi connectivity index (χ3n) is 4.45. The summed E-state index contributed by atoms with van der Waals surface area (Å²) in [7, 11) is 1.93. The van der Waals surface area contributed by atoms with E-state index in [1.54, 1.807) is 12.1 Å². The Bertz CT molecular complexity index is 428. The van der Waals surface area contributed by atoms with Crippen molar-refractivity contribution in [3.8, 4) is 0 Å². The first-order valence-electron chi connectivity index (χ1n) is 9.86. The Balaban J connectivity index is 1.87. The van der Waals surface area contributed by atoms with Crippen LogP contribution in [0.15, 0.2) is 24.5 Å². The predicted octanol–water partition coefficient (Wildman–Crippen LogP) is 5.37. The Morgan fingerprint density at radius 2 is 1.29 bits per heavy atom. The van der Waals surface area contributed by atoms with Crippen LogP contribution < -0.4 is 4.57 Å². The lowest BCUT2D eigenvalue weighted by atomic mass is 10.1. The normalized spacial score (nSPS) is 10.8. The van der Waals surface area contributed by atoms with Crippen LogP contribution in [0, 0.1) is 0 Å². The Morgan fingerprint density at radius 3 is 1.79 bits per heavy atom. The zero-order valence-corrected chi connectivity index (χ0v) is 15.8. The van der Waals surface area contributed by atoms with Gasteiger partial charge in [0.2, 0.25) is 0 Å². The highest BCUT2D eigenvalue weighted by Gasteiger charge is 2.07. The van der Waals surface area contributed by atoms with Crippen LogP contribution in [0.25, 0.3) is 0 Å². The van der Waals surface area contributed by atoms with Crippen LogP contribution in [0.4, 0.5) is 0 Å². The van der Waals surface area contributed by atoms with Crippen molar-refractivity contribution in [1.82, 2.24) is 0 Å². The summed E-state index contributed by atoms with van der Waals surface area (Å²) < 4.78 is 7.22. The van der Waals surface area contributed by atoms with Crippen molar-refractivity contribution in [2.45, 2.75) is 84.0 Å². The van der Waals surface area contributed by atoms with Gasteiger partial charge in [-0.3, -0.25) is 0 Å². The van der Waals surface area contributed by atoms with E-state index in [9.17, 15) is 4.79 Å². The number of aryl methyl sites for hydroxylation is 1. The molecule has 0 fully saturated rings. The lowest BCUT2D eigenvalue weighted by Crippen LogP contribution is -2.26. The largest absolute Gasteiger partial charge is 0.462 e. The van der Waals surface area contributed by atoms with Gasteiger partial charge in [0.1, 0.15) is 7.05 Å². The highest BCUT2D eigenvalue weighted by Crippen LogP contribution is 2.12. The molecule has 0 aromatic carbocycles. The van der Waals surface area contributed by atoms with Gasteiger partial charge in [-0.2, -0.15) is 0 Å². The average molecular weight is 335 g/mol. The monoisotopic (exact) mass is 334 g/mol. The zero-order valence-electron chi connectivity index (χ0n) is 15.8. The summed E-state index contributed by atoms with van der Waals surface area (Å²) in [6.45, 7) is 2.81. The molecule has 136 valence electrons. The number of unbranched alkanes of at least 4 members (excludes halogenated alkanes) is 11. The molecule has 0 radical (unpaired) electrons. The average Bonchev–Trinajstić information content (AvgIpc) is 2.59. The van der Waals surface area contributed by atoms with E-state index in [4.69, 9.17) is 4.74 Å². The topological polar surface area (TPSA) is 30.2 Å². The number of ether oxygens (including phenoxy) is 1. The van der Waals surface area contributed by atoms with E-state index in [-0.39, 0.29) is 5.97 Å². The minimum absolute atomic E-state index is 0.210. The van der Waals surface area contributed by atoms with Crippen LogP contribution in [0.1, 0.15) is 94.3 Å². The van der Waals surface area contributed by atoms with Crippen LogP contribution in [-0.4, -0.2) is 12.6 Å². The molecule has 1 heterocycles. The molecule has 0 bridgehead atoms. The quantitative estimate of drug-likeness (QED) is 0.260. The van der Waals surface area contributed by atoms with E-state index < -0.39 is 0 Å². The molecule has 0 aliphatic carbocycles. The standard InChI is InChI=1S/C21H36NO2/c1-3-4-5-6-7-8-9-10-11-12-13-14-19-24-21(23)20-15-17-22(2)18-16-20/h15-18H,3-14,19H2,1-2H3/q+1. The van der Waals surface area contributed by atoms with Crippen LogP contribution in [-0.2, 0) is 11.8 Å². The third-order valence-corrected chi connectivity index (χ3v) is 4.45. The Kier molecular flexibility index (Phi) is 12.1. The molecule has 1 aromatic rings. The fourth-order valence-electron chi connectivity index (χ4n) is 2.83. The Labute approximate surface area is 148 Å². The van der Waals surface area contributed by atoms with Gasteiger partial charge in [0.05, 0.1) is 12.2 Å². The fraction of sp³-hybridized carbons (Fsp3) is 0.714. The molecular weight excluding hydrogens is 298 g/mol. The first kappa shape index (κ1) is 20.7. The molecule has 0 aliphatic rings. The SMILES string of the molecule is CCCCCCCCCCCCCCOC(=O)c1cc[n+](C)cc1. The first-order valence-corrected chi connectivity index (χ1v) is 9.86. The molecule has 0 saturated heterocycles. The van der Waals surface area contributed by atoms with Gasteiger partial charge in [-0.1, -0.05) is 77.6 Å². The van der Waals surface area contributed by atoms with E-state index in [1.807, 2.05) is 24.0 Å². The second-order valence-corrected chi connectivity index (χ2v) is 6.78. The number of carbonyl (C=O) groups excluding carboxylic acids is 1. The van der Waals surface area contributed by atoms with E-state index in [1.165, 1.54) is 64.2 Å². The van der Waals surface area contributed by atoms with Gasteiger partial charge >= 0.3 is 5.97 Å². The lowest BCUT2D eigenvalue weighted by molar-refractivity contribution is -0.671. The number of hydrogen-bond donors (Lipinski definition) is 0. The van der Waals surface area contributed by atoms with Crippen LogP contribution in [0.5, 0.6) is 0 Å². The summed E-state index contributed by atoms with van der Waals surface area (Å²) in [6, 6.07) is 3.59. The molecular formula is C21H36NO2+. The summed E-state index contributed by atoms with van der Waals surface area (Å²) in [6.07, 6.45) is 19.5. The summed E-state index contributed by atoms with van der Waals surface area (Å²) in [5.41, 5.74) is 0.632. The lowest BCUT2D eigenvalue weighted by Gasteiger charge is -2.05. The van der Waals surface area contributed by atoms with Crippen molar-refractivity contribution in [3.63, 3.8) is 0 Å². The molecule has 0 saturated carbocycles. The molecule has 0 unspecified atom stereocenters. The number of esters is 1. The van der Waals surface area contributed by atoms with Crippen molar-refractivity contribution < 1.29 is 14.1 Å². The highest BCUT2D eigenvalue weighted by molar-refractivity contribution is 5.88. The maximum absolute atomic E-state index is 11.8. The molecule has 3 heteroatoms. The van der Waals surface area contributed by atoms with Crippen LogP contribution >= 0.6 is 0 Å². The van der Waals surface area contributed by atoms with Crippen molar-refractivity contribution in [2.75, 3.05) is 6.61 Å². The molecule has 1 rings (SSSR count). The van der Waals surface area contributed by atoms with E-state index in [0.29, 0.717) is 12.2 Å². The summed E-state index contributed by atoms with van der Waals surface area (Å²) in [4.78, 5) is 11.8. The number of carbonyl (C=O) groups is 1. The maximum Gasteiger partial charge on any atom is 0.338 e. The van der Waals surface area contributed by atoms with Crippen molar-refractivity contribution in [2.24, 2.45) is 7.05 Å². The maximum atomic E-state index is 11.8. The summed E-state index contributed by atoms with van der Waals surface area (Å²) in [5, 5.41) is 0. The summed E-state index contributed by atoms with van der Waals surface area (Å²) in [5.74, 6) is -0.210. The van der Waals surface area contributed by atoms with Crippen LogP contribution in [0.2, 0.25) is 0 Å². The van der Waals surface area contributed by atoms with E-state index in [0.717, 1.165) is 12.8 Å². The fourth-order valence-corrected chi connectivity index (χ4v) is 2.83. The smallest absolute Gasteiger partial charge is 0.338 e. The van der Waals surface area contributed by atoms with Gasteiger partial charge in [-0.05, 0) is 6.42 Å². The number of rotatable bonds is 14. The summed E-state index contributed by atoms with van der Waals surface area (Å²) >= 11 is 0. The Hall–Kier alpha value is -1.38. The first-order chi connectivity index (χ1) is 11.7. The molecule has 0 amide bonds. The molecule has 0 atom stereocenters. The molecule has 0 aliphatic heterocycles. The van der Waals surface area contributed by atoms with E-state index >= 15 is 0 Å². The number of pyridine rings is 1. The van der Waals surface area contributed by atoms with Crippen molar-refractivity contribution in [1.29, 1.82) is 0 Å². The van der Waals surface area contributed by atoms with E-state index in [2.05, 4.69) is 6.92 Å². The van der Waals surface area contributed by atoms with Gasteiger partial charge in [-0.15, -0.1) is 0 Å². The van der Waals surface area contributed by atoms with Gasteiger partial charge < -0.3 is 4.74 Å². The zero-order chi connectivity index (χ0) is 17.5. The minimum atomic E-state index is -0.210. The molecule has 0 spiro atoms.